The number of fused-ring (bicyclic) bond motifs is 1. The van der Waals surface area contributed by atoms with Crippen molar-refractivity contribution < 1.29 is 14.0 Å². The maximum absolute atomic E-state index is 13.2. The van der Waals surface area contributed by atoms with Gasteiger partial charge in [-0.05, 0) is 42.3 Å². The zero-order chi connectivity index (χ0) is 21.0. The monoisotopic (exact) mass is 396 g/mol. The van der Waals surface area contributed by atoms with Crippen molar-refractivity contribution in [2.75, 3.05) is 11.9 Å². The molecule has 2 amide bonds. The van der Waals surface area contributed by atoms with Crippen LogP contribution in [0.25, 0.3) is 11.0 Å². The highest BCUT2D eigenvalue weighted by molar-refractivity contribution is 5.94. The quantitative estimate of drug-likeness (QED) is 0.640. The van der Waals surface area contributed by atoms with Gasteiger partial charge in [-0.15, -0.1) is 0 Å². The predicted octanol–water partition coefficient (Wildman–Crippen LogP) is 3.67. The summed E-state index contributed by atoms with van der Waals surface area (Å²) < 4.78 is 15.2. The van der Waals surface area contributed by atoms with E-state index in [4.69, 9.17) is 0 Å². The lowest BCUT2D eigenvalue weighted by molar-refractivity contribution is -0.116. The fourth-order valence-corrected chi connectivity index (χ4v) is 3.15. The van der Waals surface area contributed by atoms with Gasteiger partial charge in [0.15, 0.2) is 0 Å². The molecular formula is C22H25FN4O2. The van der Waals surface area contributed by atoms with Crippen molar-refractivity contribution in [3.63, 3.8) is 0 Å². The number of anilines is 1. The summed E-state index contributed by atoms with van der Waals surface area (Å²) in [6.45, 7) is 4.38. The molecule has 0 aliphatic carbocycles. The zero-order valence-corrected chi connectivity index (χ0v) is 16.8. The van der Waals surface area contributed by atoms with E-state index in [1.807, 2.05) is 43.7 Å². The van der Waals surface area contributed by atoms with E-state index in [0.717, 1.165) is 16.9 Å². The van der Waals surface area contributed by atoms with E-state index in [0.29, 0.717) is 31.0 Å². The predicted molar refractivity (Wildman–Crippen MR) is 111 cm³/mol. The molecule has 2 aromatic carbocycles. The van der Waals surface area contributed by atoms with Gasteiger partial charge in [0.1, 0.15) is 11.6 Å². The second-order valence-corrected chi connectivity index (χ2v) is 7.45. The van der Waals surface area contributed by atoms with Crippen molar-refractivity contribution in [3.8, 4) is 0 Å². The lowest BCUT2D eigenvalue weighted by Crippen LogP contribution is -2.26. The molecule has 0 atom stereocenters. The first-order valence-electron chi connectivity index (χ1n) is 9.62. The molecule has 0 radical (unpaired) electrons. The first-order valence-corrected chi connectivity index (χ1v) is 9.62. The SMILES string of the molecule is CC(C)CC(=O)Nc1ccc2c(c1)nc(CCNC(=O)c1cccc(F)c1)n2C. The van der Waals surface area contributed by atoms with Crippen molar-refractivity contribution in [1.29, 1.82) is 0 Å². The van der Waals surface area contributed by atoms with E-state index in [9.17, 15) is 14.0 Å². The number of rotatable bonds is 7. The van der Waals surface area contributed by atoms with Crippen LogP contribution in [0.5, 0.6) is 0 Å². The maximum Gasteiger partial charge on any atom is 0.251 e. The van der Waals surface area contributed by atoms with E-state index in [-0.39, 0.29) is 17.4 Å². The molecule has 0 saturated heterocycles. The number of hydrogen-bond acceptors (Lipinski definition) is 3. The molecular weight excluding hydrogens is 371 g/mol. The van der Waals surface area contributed by atoms with Crippen LogP contribution in [0, 0.1) is 11.7 Å². The number of carbonyl (C=O) groups is 2. The number of imidazole rings is 1. The van der Waals surface area contributed by atoms with Crippen molar-refractivity contribution in [2.24, 2.45) is 13.0 Å². The Morgan fingerprint density at radius 2 is 1.97 bits per heavy atom. The summed E-state index contributed by atoms with van der Waals surface area (Å²) in [6, 6.07) is 11.2. The summed E-state index contributed by atoms with van der Waals surface area (Å²) in [6.07, 6.45) is 0.998. The second kappa shape index (κ2) is 8.86. The standard InChI is InChI=1S/C22H25FN4O2/c1-14(2)11-21(28)25-17-7-8-19-18(13-17)26-20(27(19)3)9-10-24-22(29)15-5-4-6-16(23)12-15/h4-8,12-14H,9-11H2,1-3H3,(H,24,29)(H,25,28). The Hall–Kier alpha value is -3.22. The van der Waals surface area contributed by atoms with E-state index in [1.165, 1.54) is 18.2 Å². The van der Waals surface area contributed by atoms with Crippen LogP contribution >= 0.6 is 0 Å². The van der Waals surface area contributed by atoms with Crippen LogP contribution in [0.15, 0.2) is 42.5 Å². The van der Waals surface area contributed by atoms with Gasteiger partial charge in [-0.3, -0.25) is 9.59 Å². The number of amides is 2. The van der Waals surface area contributed by atoms with Gasteiger partial charge in [0.25, 0.3) is 5.91 Å². The van der Waals surface area contributed by atoms with E-state index in [2.05, 4.69) is 15.6 Å². The average Bonchev–Trinajstić information content (AvgIpc) is 2.96. The van der Waals surface area contributed by atoms with E-state index < -0.39 is 5.82 Å². The number of aryl methyl sites for hydroxylation is 1. The van der Waals surface area contributed by atoms with Crippen molar-refractivity contribution >= 4 is 28.5 Å². The van der Waals surface area contributed by atoms with Crippen molar-refractivity contribution in [3.05, 3.63) is 59.7 Å². The maximum atomic E-state index is 13.2. The highest BCUT2D eigenvalue weighted by Crippen LogP contribution is 2.20. The fourth-order valence-electron chi connectivity index (χ4n) is 3.15. The van der Waals surface area contributed by atoms with Crippen molar-refractivity contribution in [2.45, 2.75) is 26.7 Å². The topological polar surface area (TPSA) is 76.0 Å². The van der Waals surface area contributed by atoms with Gasteiger partial charge in [0.05, 0.1) is 11.0 Å². The number of aromatic nitrogens is 2. The lowest BCUT2D eigenvalue weighted by atomic mass is 10.1. The third-order valence-corrected chi connectivity index (χ3v) is 4.57. The fraction of sp³-hybridized carbons (Fsp3) is 0.318. The molecule has 0 aliphatic heterocycles. The summed E-state index contributed by atoms with van der Waals surface area (Å²) in [4.78, 5) is 28.7. The van der Waals surface area contributed by atoms with E-state index in [1.54, 1.807) is 6.07 Å². The van der Waals surface area contributed by atoms with Gasteiger partial charge < -0.3 is 15.2 Å². The number of benzene rings is 2. The third-order valence-electron chi connectivity index (χ3n) is 4.57. The summed E-state index contributed by atoms with van der Waals surface area (Å²) in [7, 11) is 1.91. The molecule has 7 heteroatoms. The normalized spacial score (nSPS) is 11.1. The molecule has 0 saturated carbocycles. The van der Waals surface area contributed by atoms with Crippen LogP contribution in [0.4, 0.5) is 10.1 Å². The summed E-state index contributed by atoms with van der Waals surface area (Å²) in [5, 5.41) is 5.69. The van der Waals surface area contributed by atoms with Crippen LogP contribution < -0.4 is 10.6 Å². The molecule has 1 aromatic heterocycles. The Morgan fingerprint density at radius 1 is 1.17 bits per heavy atom. The molecule has 6 nitrogen and oxygen atoms in total. The first-order chi connectivity index (χ1) is 13.8. The van der Waals surface area contributed by atoms with Crippen LogP contribution in [-0.4, -0.2) is 27.9 Å². The Labute approximate surface area is 169 Å². The molecule has 0 bridgehead atoms. The number of carbonyl (C=O) groups excluding carboxylic acids is 2. The van der Waals surface area contributed by atoms with Crippen molar-refractivity contribution in [1.82, 2.24) is 14.9 Å². The minimum absolute atomic E-state index is 0.0180. The minimum Gasteiger partial charge on any atom is -0.352 e. The summed E-state index contributed by atoms with van der Waals surface area (Å²) in [5.74, 6) is 0.325. The van der Waals surface area contributed by atoms with Crippen LogP contribution in [-0.2, 0) is 18.3 Å². The first kappa shape index (κ1) is 20.5. The molecule has 29 heavy (non-hydrogen) atoms. The Balaban J connectivity index is 1.64. The highest BCUT2D eigenvalue weighted by Gasteiger charge is 2.11. The summed E-state index contributed by atoms with van der Waals surface area (Å²) in [5.41, 5.74) is 2.73. The van der Waals surface area contributed by atoms with Gasteiger partial charge in [-0.1, -0.05) is 19.9 Å². The van der Waals surface area contributed by atoms with Crippen LogP contribution in [0.3, 0.4) is 0 Å². The average molecular weight is 396 g/mol. The van der Waals surface area contributed by atoms with Gasteiger partial charge in [-0.25, -0.2) is 9.37 Å². The molecule has 3 rings (SSSR count). The Kier molecular flexibility index (Phi) is 6.26. The molecule has 3 aromatic rings. The van der Waals surface area contributed by atoms with E-state index >= 15 is 0 Å². The van der Waals surface area contributed by atoms with Gasteiger partial charge >= 0.3 is 0 Å². The third kappa shape index (κ3) is 5.19. The zero-order valence-electron chi connectivity index (χ0n) is 16.8. The van der Waals surface area contributed by atoms with Gasteiger partial charge in [-0.2, -0.15) is 0 Å². The van der Waals surface area contributed by atoms with Gasteiger partial charge in [0, 0.05) is 37.7 Å². The number of nitrogens with zero attached hydrogens (tertiary/aromatic N) is 2. The van der Waals surface area contributed by atoms with Crippen LogP contribution in [0.2, 0.25) is 0 Å². The molecule has 152 valence electrons. The summed E-state index contributed by atoms with van der Waals surface area (Å²) >= 11 is 0. The molecule has 2 N–H and O–H groups in total. The highest BCUT2D eigenvalue weighted by atomic mass is 19.1. The van der Waals surface area contributed by atoms with Gasteiger partial charge in [0.2, 0.25) is 5.91 Å². The smallest absolute Gasteiger partial charge is 0.251 e. The molecule has 0 spiro atoms. The Morgan fingerprint density at radius 3 is 2.69 bits per heavy atom. The molecule has 0 fully saturated rings. The number of halogens is 1. The second-order valence-electron chi connectivity index (χ2n) is 7.45. The molecule has 0 unspecified atom stereocenters. The minimum atomic E-state index is -0.440. The lowest BCUT2D eigenvalue weighted by Gasteiger charge is -2.07. The Bertz CT molecular complexity index is 1040. The van der Waals surface area contributed by atoms with Crippen LogP contribution in [0.1, 0.15) is 36.5 Å². The largest absolute Gasteiger partial charge is 0.352 e. The number of hydrogen-bond donors (Lipinski definition) is 2. The molecule has 0 aliphatic rings. The number of nitrogens with one attached hydrogen (secondary N) is 2. The molecule has 1 heterocycles.